The molecule has 2 aliphatic carbocycles. The summed E-state index contributed by atoms with van der Waals surface area (Å²) in [6.45, 7) is 4.92. The summed E-state index contributed by atoms with van der Waals surface area (Å²) in [6.07, 6.45) is 9.14. The molecule has 3 unspecified atom stereocenters. The van der Waals surface area contributed by atoms with Gasteiger partial charge in [0.2, 0.25) is 0 Å². The van der Waals surface area contributed by atoms with E-state index in [4.69, 9.17) is 0 Å². The van der Waals surface area contributed by atoms with E-state index in [2.05, 4.69) is 13.8 Å². The van der Waals surface area contributed by atoms with E-state index in [1.807, 2.05) is 0 Å². The molecule has 0 bridgehead atoms. The largest absolute Gasteiger partial charge is 0.0625 e. The molecule has 2 rings (SSSR count). The van der Waals surface area contributed by atoms with E-state index in [0.29, 0.717) is 0 Å². The molecule has 4 atom stereocenters. The number of hydrogen-bond donors (Lipinski definition) is 0. The van der Waals surface area contributed by atoms with Crippen molar-refractivity contribution in [3.05, 3.63) is 0 Å². The lowest BCUT2D eigenvalue weighted by Gasteiger charge is -2.42. The molecule has 0 aromatic carbocycles. The summed E-state index contributed by atoms with van der Waals surface area (Å²) in [7, 11) is 0. The van der Waals surface area contributed by atoms with Crippen molar-refractivity contribution in [2.24, 2.45) is 23.7 Å². The predicted molar refractivity (Wildman–Crippen MR) is 53.0 cm³/mol. The first-order valence-corrected chi connectivity index (χ1v) is 5.77. The van der Waals surface area contributed by atoms with Gasteiger partial charge in [-0.1, -0.05) is 39.5 Å². The molecule has 0 heterocycles. The summed E-state index contributed by atoms with van der Waals surface area (Å²) in [4.78, 5) is 0. The van der Waals surface area contributed by atoms with Crippen LogP contribution in [0.2, 0.25) is 0 Å². The normalized spacial score (nSPS) is 48.5. The van der Waals surface area contributed by atoms with Crippen LogP contribution in [-0.4, -0.2) is 0 Å². The van der Waals surface area contributed by atoms with Crippen molar-refractivity contribution >= 4 is 0 Å². The molecule has 2 fully saturated rings. The predicted octanol–water partition coefficient (Wildman–Crippen LogP) is 3.86. The van der Waals surface area contributed by atoms with Crippen LogP contribution < -0.4 is 0 Å². The molecule has 0 spiro atoms. The molecule has 0 aliphatic heterocycles. The van der Waals surface area contributed by atoms with Gasteiger partial charge in [0.05, 0.1) is 0 Å². The van der Waals surface area contributed by atoms with Crippen LogP contribution in [0.5, 0.6) is 0 Å². The van der Waals surface area contributed by atoms with Gasteiger partial charge in [-0.25, -0.2) is 0 Å². The third kappa shape index (κ3) is 1.53. The Bertz CT molecular complexity index is 150. The van der Waals surface area contributed by atoms with E-state index in [9.17, 15) is 0 Å². The Morgan fingerprint density at radius 2 is 1.75 bits per heavy atom. The van der Waals surface area contributed by atoms with Gasteiger partial charge < -0.3 is 0 Å². The van der Waals surface area contributed by atoms with Crippen molar-refractivity contribution < 1.29 is 0 Å². The van der Waals surface area contributed by atoms with Crippen molar-refractivity contribution in [1.29, 1.82) is 0 Å². The lowest BCUT2D eigenvalue weighted by Crippen LogP contribution is -2.31. The van der Waals surface area contributed by atoms with Crippen LogP contribution in [0.25, 0.3) is 0 Å². The summed E-state index contributed by atoms with van der Waals surface area (Å²) < 4.78 is 0. The van der Waals surface area contributed by atoms with Crippen LogP contribution in [-0.2, 0) is 0 Å². The molecule has 0 radical (unpaired) electrons. The number of rotatable bonds is 0. The highest BCUT2D eigenvalue weighted by molar-refractivity contribution is 4.85. The second-order valence-electron chi connectivity index (χ2n) is 5.25. The lowest BCUT2D eigenvalue weighted by molar-refractivity contribution is 0.0892. The van der Waals surface area contributed by atoms with Crippen LogP contribution in [0.3, 0.4) is 0 Å². The molecule has 0 amide bonds. The van der Waals surface area contributed by atoms with E-state index in [0.717, 1.165) is 23.7 Å². The Morgan fingerprint density at radius 1 is 0.917 bits per heavy atom. The minimum Gasteiger partial charge on any atom is -0.0625 e. The summed E-state index contributed by atoms with van der Waals surface area (Å²) in [5.41, 5.74) is 0. The van der Waals surface area contributed by atoms with Gasteiger partial charge in [0, 0.05) is 0 Å². The average Bonchev–Trinajstić information content (AvgIpc) is 2.04. The van der Waals surface area contributed by atoms with Gasteiger partial charge in [-0.3, -0.25) is 0 Å². The molecule has 0 aromatic rings. The van der Waals surface area contributed by atoms with E-state index >= 15 is 0 Å². The molecule has 0 aromatic heterocycles. The molecule has 70 valence electrons. The first-order valence-electron chi connectivity index (χ1n) is 5.77. The number of fused-ring (bicyclic) bond motifs is 1. The van der Waals surface area contributed by atoms with Gasteiger partial charge in [0.25, 0.3) is 0 Å². The van der Waals surface area contributed by atoms with Crippen molar-refractivity contribution in [3.8, 4) is 0 Å². The van der Waals surface area contributed by atoms with Crippen LogP contribution in [0, 0.1) is 23.7 Å². The Morgan fingerprint density at radius 3 is 2.58 bits per heavy atom. The zero-order valence-corrected chi connectivity index (χ0v) is 8.55. The first kappa shape index (κ1) is 8.59. The van der Waals surface area contributed by atoms with E-state index in [1.165, 1.54) is 32.1 Å². The molecule has 0 nitrogen and oxygen atoms in total. The van der Waals surface area contributed by atoms with Crippen LogP contribution in [0.15, 0.2) is 0 Å². The SMILES string of the molecule is CC1CCC2C(CCC[C@@H]2C)C1. The summed E-state index contributed by atoms with van der Waals surface area (Å²) in [5.74, 6) is 4.28. The molecule has 0 saturated heterocycles. The van der Waals surface area contributed by atoms with Crippen LogP contribution in [0.4, 0.5) is 0 Å². The average molecular weight is 166 g/mol. The Kier molecular flexibility index (Phi) is 2.43. The van der Waals surface area contributed by atoms with Gasteiger partial charge in [-0.2, -0.15) is 0 Å². The highest BCUT2D eigenvalue weighted by Crippen LogP contribution is 2.45. The van der Waals surface area contributed by atoms with Gasteiger partial charge in [0.1, 0.15) is 0 Å². The maximum atomic E-state index is 2.48. The second kappa shape index (κ2) is 3.40. The van der Waals surface area contributed by atoms with Gasteiger partial charge >= 0.3 is 0 Å². The molecule has 0 N–H and O–H groups in total. The third-order valence-electron chi connectivity index (χ3n) is 4.27. The zero-order valence-electron chi connectivity index (χ0n) is 8.55. The smallest absolute Gasteiger partial charge is 0.0360 e. The highest BCUT2D eigenvalue weighted by Gasteiger charge is 2.34. The molecule has 2 saturated carbocycles. The Labute approximate surface area is 76.7 Å². The summed E-state index contributed by atoms with van der Waals surface area (Å²) >= 11 is 0. The third-order valence-corrected chi connectivity index (χ3v) is 4.27. The Balaban J connectivity index is 1.99. The minimum absolute atomic E-state index is 1.02. The Hall–Kier alpha value is 0. The first-order chi connectivity index (χ1) is 5.77. The minimum atomic E-state index is 1.02. The van der Waals surface area contributed by atoms with E-state index in [-0.39, 0.29) is 0 Å². The quantitative estimate of drug-likeness (QED) is 0.512. The van der Waals surface area contributed by atoms with Crippen molar-refractivity contribution in [1.82, 2.24) is 0 Å². The van der Waals surface area contributed by atoms with Gasteiger partial charge in [0.15, 0.2) is 0 Å². The lowest BCUT2D eigenvalue weighted by atomic mass is 9.64. The fourth-order valence-electron chi connectivity index (χ4n) is 3.52. The van der Waals surface area contributed by atoms with Crippen LogP contribution in [0.1, 0.15) is 52.4 Å². The van der Waals surface area contributed by atoms with E-state index < -0.39 is 0 Å². The van der Waals surface area contributed by atoms with Crippen LogP contribution >= 0.6 is 0 Å². The molecular formula is C12H22. The topological polar surface area (TPSA) is 0 Å². The molecule has 12 heavy (non-hydrogen) atoms. The number of hydrogen-bond acceptors (Lipinski definition) is 0. The van der Waals surface area contributed by atoms with Crippen molar-refractivity contribution in [3.63, 3.8) is 0 Å². The molecule has 0 heteroatoms. The van der Waals surface area contributed by atoms with Crippen molar-refractivity contribution in [2.45, 2.75) is 52.4 Å². The zero-order chi connectivity index (χ0) is 8.55. The summed E-state index contributed by atoms with van der Waals surface area (Å²) in [6, 6.07) is 0. The monoisotopic (exact) mass is 166 g/mol. The standard InChI is InChI=1S/C12H22/c1-9-6-7-12-10(2)4-3-5-11(12)8-9/h9-12H,3-8H2,1-2H3/t9?,10-,11?,12?/m0/s1. The summed E-state index contributed by atoms with van der Waals surface area (Å²) in [5, 5.41) is 0. The maximum Gasteiger partial charge on any atom is -0.0360 e. The van der Waals surface area contributed by atoms with Crippen molar-refractivity contribution in [2.75, 3.05) is 0 Å². The molecular weight excluding hydrogens is 144 g/mol. The highest BCUT2D eigenvalue weighted by atomic mass is 14.4. The fourth-order valence-corrected chi connectivity index (χ4v) is 3.52. The van der Waals surface area contributed by atoms with Gasteiger partial charge in [-0.05, 0) is 36.5 Å². The second-order valence-corrected chi connectivity index (χ2v) is 5.25. The molecule has 2 aliphatic rings. The van der Waals surface area contributed by atoms with E-state index in [1.54, 1.807) is 6.42 Å². The van der Waals surface area contributed by atoms with Gasteiger partial charge in [-0.15, -0.1) is 0 Å². The fraction of sp³-hybridized carbons (Fsp3) is 1.00. The maximum absolute atomic E-state index is 2.48.